The van der Waals surface area contributed by atoms with Crippen LogP contribution in [0.2, 0.25) is 5.02 Å². The van der Waals surface area contributed by atoms with Crippen LogP contribution in [0.15, 0.2) is 42.7 Å². The van der Waals surface area contributed by atoms with Crippen LogP contribution in [0.1, 0.15) is 28.8 Å². The van der Waals surface area contributed by atoms with Gasteiger partial charge in [-0.15, -0.1) is 0 Å². The van der Waals surface area contributed by atoms with Crippen molar-refractivity contribution in [1.29, 1.82) is 0 Å². The van der Waals surface area contributed by atoms with Gasteiger partial charge >= 0.3 is 0 Å². The van der Waals surface area contributed by atoms with Gasteiger partial charge in [0, 0.05) is 43.6 Å². The Morgan fingerprint density at radius 1 is 1.29 bits per heavy atom. The molecule has 126 valence electrons. The molecule has 0 saturated carbocycles. The SMILES string of the molecule is O=C(NC1CCN(Cc2ccccc2F)CC1)c1cnccc1Cl. The summed E-state index contributed by atoms with van der Waals surface area (Å²) in [5.41, 5.74) is 1.11. The molecule has 1 N–H and O–H groups in total. The first-order chi connectivity index (χ1) is 11.6. The Labute approximate surface area is 145 Å². The molecule has 24 heavy (non-hydrogen) atoms. The highest BCUT2D eigenvalue weighted by Gasteiger charge is 2.22. The van der Waals surface area contributed by atoms with Gasteiger partial charge < -0.3 is 5.32 Å². The molecule has 3 rings (SSSR count). The first kappa shape index (κ1) is 16.9. The predicted octanol–water partition coefficient (Wildman–Crippen LogP) is 3.27. The lowest BCUT2D eigenvalue weighted by molar-refractivity contribution is 0.0908. The highest BCUT2D eigenvalue weighted by molar-refractivity contribution is 6.33. The fourth-order valence-corrected chi connectivity index (χ4v) is 3.10. The summed E-state index contributed by atoms with van der Waals surface area (Å²) in [6.45, 7) is 2.24. The van der Waals surface area contributed by atoms with Gasteiger partial charge in [0.2, 0.25) is 0 Å². The molecule has 1 aromatic heterocycles. The number of nitrogens with zero attached hydrogens (tertiary/aromatic N) is 2. The number of hydrogen-bond acceptors (Lipinski definition) is 3. The van der Waals surface area contributed by atoms with E-state index < -0.39 is 0 Å². The van der Waals surface area contributed by atoms with E-state index in [4.69, 9.17) is 11.6 Å². The quantitative estimate of drug-likeness (QED) is 0.923. The van der Waals surface area contributed by atoms with Crippen molar-refractivity contribution < 1.29 is 9.18 Å². The minimum atomic E-state index is -0.194. The summed E-state index contributed by atoms with van der Waals surface area (Å²) in [7, 11) is 0. The molecule has 0 spiro atoms. The van der Waals surface area contributed by atoms with Crippen molar-refractivity contribution in [1.82, 2.24) is 15.2 Å². The Morgan fingerprint density at radius 3 is 2.75 bits per heavy atom. The van der Waals surface area contributed by atoms with Crippen LogP contribution in [0, 0.1) is 5.82 Å². The van der Waals surface area contributed by atoms with Gasteiger partial charge in [-0.2, -0.15) is 0 Å². The van der Waals surface area contributed by atoms with E-state index in [1.807, 2.05) is 12.1 Å². The number of pyridine rings is 1. The van der Waals surface area contributed by atoms with Gasteiger partial charge in [0.25, 0.3) is 5.91 Å². The number of halogens is 2. The number of amides is 1. The minimum absolute atomic E-state index is 0.102. The van der Waals surface area contributed by atoms with Crippen molar-refractivity contribution in [2.24, 2.45) is 0 Å². The summed E-state index contributed by atoms with van der Waals surface area (Å²) in [5.74, 6) is -0.361. The number of nitrogens with one attached hydrogen (secondary N) is 1. The molecule has 1 aromatic carbocycles. The lowest BCUT2D eigenvalue weighted by atomic mass is 10.0. The summed E-state index contributed by atoms with van der Waals surface area (Å²) in [6.07, 6.45) is 4.70. The van der Waals surface area contributed by atoms with E-state index in [1.165, 1.54) is 12.3 Å². The fourth-order valence-electron chi connectivity index (χ4n) is 2.91. The van der Waals surface area contributed by atoms with Crippen molar-refractivity contribution in [2.75, 3.05) is 13.1 Å². The number of aromatic nitrogens is 1. The number of hydrogen-bond donors (Lipinski definition) is 1. The molecule has 2 aromatic rings. The highest BCUT2D eigenvalue weighted by Crippen LogP contribution is 2.18. The molecule has 1 amide bonds. The van der Waals surface area contributed by atoms with E-state index in [9.17, 15) is 9.18 Å². The molecule has 0 unspecified atom stereocenters. The maximum atomic E-state index is 13.7. The fraction of sp³-hybridized carbons (Fsp3) is 0.333. The van der Waals surface area contributed by atoms with E-state index in [0.717, 1.165) is 25.9 Å². The molecule has 4 nitrogen and oxygen atoms in total. The molecule has 6 heteroatoms. The number of carbonyl (C=O) groups is 1. The van der Waals surface area contributed by atoms with Crippen LogP contribution in [0.25, 0.3) is 0 Å². The number of benzene rings is 1. The normalized spacial score (nSPS) is 16.1. The van der Waals surface area contributed by atoms with Crippen molar-refractivity contribution in [3.05, 3.63) is 64.7 Å². The number of carbonyl (C=O) groups excluding carboxylic acids is 1. The van der Waals surface area contributed by atoms with Crippen LogP contribution in [0.4, 0.5) is 4.39 Å². The van der Waals surface area contributed by atoms with Gasteiger partial charge in [-0.3, -0.25) is 14.7 Å². The molecule has 1 aliphatic heterocycles. The van der Waals surface area contributed by atoms with E-state index >= 15 is 0 Å². The molecule has 0 radical (unpaired) electrons. The molecular formula is C18H19ClFN3O. The van der Waals surface area contributed by atoms with Crippen LogP contribution >= 0.6 is 11.6 Å². The average Bonchev–Trinajstić information content (AvgIpc) is 2.59. The minimum Gasteiger partial charge on any atom is -0.349 e. The zero-order valence-electron chi connectivity index (χ0n) is 13.2. The summed E-state index contributed by atoms with van der Waals surface area (Å²) in [5, 5.41) is 3.41. The van der Waals surface area contributed by atoms with Crippen LogP contribution in [0.5, 0.6) is 0 Å². The van der Waals surface area contributed by atoms with Gasteiger partial charge in [-0.05, 0) is 25.0 Å². The smallest absolute Gasteiger partial charge is 0.254 e. The van der Waals surface area contributed by atoms with Crippen molar-refractivity contribution in [3.8, 4) is 0 Å². The average molecular weight is 348 g/mol. The molecular weight excluding hydrogens is 329 g/mol. The Balaban J connectivity index is 1.51. The summed E-state index contributed by atoms with van der Waals surface area (Å²) >= 11 is 6.02. The van der Waals surface area contributed by atoms with Crippen LogP contribution in [-0.4, -0.2) is 34.9 Å². The first-order valence-corrected chi connectivity index (χ1v) is 8.37. The summed E-state index contributed by atoms with van der Waals surface area (Å²) in [6, 6.07) is 8.56. The van der Waals surface area contributed by atoms with Crippen molar-refractivity contribution >= 4 is 17.5 Å². The Morgan fingerprint density at radius 2 is 2.04 bits per heavy atom. The van der Waals surface area contributed by atoms with E-state index in [0.29, 0.717) is 22.7 Å². The topological polar surface area (TPSA) is 45.2 Å². The van der Waals surface area contributed by atoms with Gasteiger partial charge in [0.05, 0.1) is 10.6 Å². The third kappa shape index (κ3) is 4.10. The van der Waals surface area contributed by atoms with Gasteiger partial charge in [0.15, 0.2) is 0 Å². The lowest BCUT2D eigenvalue weighted by Gasteiger charge is -2.32. The van der Waals surface area contributed by atoms with Crippen LogP contribution < -0.4 is 5.32 Å². The molecule has 0 bridgehead atoms. The number of likely N-dealkylation sites (tertiary alicyclic amines) is 1. The second-order valence-electron chi connectivity index (χ2n) is 5.97. The van der Waals surface area contributed by atoms with Crippen LogP contribution in [0.3, 0.4) is 0 Å². The Kier molecular flexibility index (Phi) is 5.43. The number of piperidine rings is 1. The van der Waals surface area contributed by atoms with E-state index in [-0.39, 0.29) is 17.8 Å². The first-order valence-electron chi connectivity index (χ1n) is 7.99. The van der Waals surface area contributed by atoms with Crippen LogP contribution in [-0.2, 0) is 6.54 Å². The lowest BCUT2D eigenvalue weighted by Crippen LogP contribution is -2.44. The van der Waals surface area contributed by atoms with Gasteiger partial charge in [0.1, 0.15) is 5.82 Å². The van der Waals surface area contributed by atoms with E-state index in [1.54, 1.807) is 18.3 Å². The van der Waals surface area contributed by atoms with Gasteiger partial charge in [-0.25, -0.2) is 4.39 Å². The van der Waals surface area contributed by atoms with E-state index in [2.05, 4.69) is 15.2 Å². The number of rotatable bonds is 4. The zero-order valence-corrected chi connectivity index (χ0v) is 14.0. The zero-order chi connectivity index (χ0) is 16.9. The molecule has 1 fully saturated rings. The predicted molar refractivity (Wildman–Crippen MR) is 91.4 cm³/mol. The maximum Gasteiger partial charge on any atom is 0.254 e. The monoisotopic (exact) mass is 347 g/mol. The Bertz CT molecular complexity index is 717. The second kappa shape index (κ2) is 7.73. The standard InChI is InChI=1S/C18H19ClFN3O/c19-16-5-8-21-11-15(16)18(24)22-14-6-9-23(10-7-14)12-13-3-1-2-4-17(13)20/h1-5,8,11,14H,6-7,9-10,12H2,(H,22,24). The summed E-state index contributed by atoms with van der Waals surface area (Å²) < 4.78 is 13.7. The molecule has 1 aliphatic rings. The third-order valence-corrected chi connectivity index (χ3v) is 4.62. The maximum absolute atomic E-state index is 13.7. The molecule has 2 heterocycles. The molecule has 0 atom stereocenters. The van der Waals surface area contributed by atoms with Crippen molar-refractivity contribution in [3.63, 3.8) is 0 Å². The molecule has 0 aliphatic carbocycles. The second-order valence-corrected chi connectivity index (χ2v) is 6.38. The summed E-state index contributed by atoms with van der Waals surface area (Å²) in [4.78, 5) is 18.4. The Hall–Kier alpha value is -1.98. The largest absolute Gasteiger partial charge is 0.349 e. The molecule has 1 saturated heterocycles. The third-order valence-electron chi connectivity index (χ3n) is 4.29. The van der Waals surface area contributed by atoms with Gasteiger partial charge in [-0.1, -0.05) is 29.8 Å². The van der Waals surface area contributed by atoms with Crippen molar-refractivity contribution in [2.45, 2.75) is 25.4 Å². The highest BCUT2D eigenvalue weighted by atomic mass is 35.5.